The van der Waals surface area contributed by atoms with Crippen LogP contribution in [0.3, 0.4) is 0 Å². The molecule has 4 heteroatoms. The molecule has 0 aliphatic carbocycles. The first kappa shape index (κ1) is 14.5. The molecular formula is C14H21NO3. The van der Waals surface area contributed by atoms with Gasteiger partial charge in [0.1, 0.15) is 5.75 Å². The average Bonchev–Trinajstić information content (AvgIpc) is 2.38. The van der Waals surface area contributed by atoms with Gasteiger partial charge in [-0.05, 0) is 25.5 Å². The molecule has 0 saturated carbocycles. The summed E-state index contributed by atoms with van der Waals surface area (Å²) in [6.07, 6.45) is 0.178. The summed E-state index contributed by atoms with van der Waals surface area (Å²) in [7, 11) is 1.60. The van der Waals surface area contributed by atoms with Crippen LogP contribution < -0.4 is 10.1 Å². The Morgan fingerprint density at radius 2 is 2.00 bits per heavy atom. The summed E-state index contributed by atoms with van der Waals surface area (Å²) in [5, 5.41) is 2.78. The van der Waals surface area contributed by atoms with E-state index < -0.39 is 6.10 Å². The average molecular weight is 251 g/mol. The summed E-state index contributed by atoms with van der Waals surface area (Å²) in [5.41, 5.74) is 1.17. The lowest BCUT2D eigenvalue weighted by Gasteiger charge is -2.17. The van der Waals surface area contributed by atoms with Crippen LogP contribution in [0.1, 0.15) is 18.9 Å². The van der Waals surface area contributed by atoms with E-state index in [0.717, 1.165) is 0 Å². The maximum atomic E-state index is 11.8. The number of rotatable bonds is 7. The first-order valence-electron chi connectivity index (χ1n) is 6.17. The molecule has 0 spiro atoms. The Bertz CT molecular complexity index is 362. The van der Waals surface area contributed by atoms with Gasteiger partial charge in [-0.25, -0.2) is 0 Å². The minimum absolute atomic E-state index is 0.102. The third-order valence-corrected chi connectivity index (χ3v) is 2.57. The van der Waals surface area contributed by atoms with Crippen molar-refractivity contribution in [1.29, 1.82) is 0 Å². The quantitative estimate of drug-likeness (QED) is 0.753. The summed E-state index contributed by atoms with van der Waals surface area (Å²) >= 11 is 0. The molecule has 0 unspecified atom stereocenters. The highest BCUT2D eigenvalue weighted by atomic mass is 16.5. The fourth-order valence-corrected chi connectivity index (χ4v) is 1.49. The smallest absolute Gasteiger partial charge is 0.261 e. The zero-order chi connectivity index (χ0) is 13.4. The normalized spacial score (nSPS) is 11.9. The predicted octanol–water partition coefficient (Wildman–Crippen LogP) is 1.92. The predicted molar refractivity (Wildman–Crippen MR) is 70.8 cm³/mol. The second kappa shape index (κ2) is 7.71. The van der Waals surface area contributed by atoms with Crippen LogP contribution in [0.15, 0.2) is 24.3 Å². The zero-order valence-electron chi connectivity index (χ0n) is 11.2. The highest BCUT2D eigenvalue weighted by molar-refractivity contribution is 5.81. The Morgan fingerprint density at radius 1 is 1.33 bits per heavy atom. The van der Waals surface area contributed by atoms with Gasteiger partial charge in [-0.1, -0.05) is 24.6 Å². The summed E-state index contributed by atoms with van der Waals surface area (Å²) in [5.74, 6) is 0.615. The molecular weight excluding hydrogens is 230 g/mol. The molecule has 18 heavy (non-hydrogen) atoms. The molecule has 0 aliphatic rings. The largest absolute Gasteiger partial charge is 0.481 e. The van der Waals surface area contributed by atoms with Crippen molar-refractivity contribution in [2.24, 2.45) is 0 Å². The number of aryl methyl sites for hydroxylation is 1. The van der Waals surface area contributed by atoms with Gasteiger partial charge in [0, 0.05) is 13.7 Å². The molecule has 0 bridgehead atoms. The van der Waals surface area contributed by atoms with Gasteiger partial charge < -0.3 is 14.8 Å². The third-order valence-electron chi connectivity index (χ3n) is 2.57. The van der Waals surface area contributed by atoms with Crippen molar-refractivity contribution < 1.29 is 14.3 Å². The number of nitrogens with one attached hydrogen (secondary N) is 1. The molecule has 1 N–H and O–H groups in total. The maximum absolute atomic E-state index is 11.8. The number of ether oxygens (including phenoxy) is 2. The maximum Gasteiger partial charge on any atom is 0.261 e. The van der Waals surface area contributed by atoms with Gasteiger partial charge in [0.2, 0.25) is 0 Å². The van der Waals surface area contributed by atoms with E-state index in [1.165, 1.54) is 5.56 Å². The van der Waals surface area contributed by atoms with Crippen LogP contribution in [0, 0.1) is 6.92 Å². The van der Waals surface area contributed by atoms with Crippen molar-refractivity contribution >= 4 is 5.91 Å². The zero-order valence-corrected chi connectivity index (χ0v) is 11.2. The van der Waals surface area contributed by atoms with E-state index in [0.29, 0.717) is 25.3 Å². The Kier molecular flexibility index (Phi) is 6.22. The molecule has 1 rings (SSSR count). The number of methoxy groups -OCH3 is 1. The van der Waals surface area contributed by atoms with Crippen molar-refractivity contribution in [2.45, 2.75) is 26.4 Å². The number of amides is 1. The van der Waals surface area contributed by atoms with E-state index in [2.05, 4.69) is 5.32 Å². The lowest BCUT2D eigenvalue weighted by molar-refractivity contribution is -0.128. The van der Waals surface area contributed by atoms with Gasteiger partial charge in [0.05, 0.1) is 6.61 Å². The van der Waals surface area contributed by atoms with Crippen molar-refractivity contribution in [3.63, 3.8) is 0 Å². The van der Waals surface area contributed by atoms with E-state index in [9.17, 15) is 4.79 Å². The van der Waals surface area contributed by atoms with E-state index in [-0.39, 0.29) is 5.91 Å². The van der Waals surface area contributed by atoms with E-state index in [1.807, 2.05) is 38.1 Å². The molecule has 1 aromatic rings. The SMILES string of the molecule is CC[C@H](Oc1ccc(C)cc1)C(=O)NCCOC. The minimum atomic E-state index is -0.454. The molecule has 0 fully saturated rings. The first-order chi connectivity index (χ1) is 8.67. The standard InChI is InChI=1S/C14H21NO3/c1-4-13(14(16)15-9-10-17-3)18-12-7-5-11(2)6-8-12/h5-8,13H,4,9-10H2,1-3H3,(H,15,16)/t13-/m0/s1. The Morgan fingerprint density at radius 3 is 2.56 bits per heavy atom. The molecule has 0 heterocycles. The number of carbonyl (C=O) groups excluding carboxylic acids is 1. The van der Waals surface area contributed by atoms with Crippen molar-refractivity contribution in [3.05, 3.63) is 29.8 Å². The van der Waals surface area contributed by atoms with Crippen LogP contribution in [0.2, 0.25) is 0 Å². The second-order valence-corrected chi connectivity index (χ2v) is 4.11. The van der Waals surface area contributed by atoms with Crippen molar-refractivity contribution in [3.8, 4) is 5.75 Å². The molecule has 4 nitrogen and oxygen atoms in total. The van der Waals surface area contributed by atoms with Crippen LogP contribution in [0.25, 0.3) is 0 Å². The second-order valence-electron chi connectivity index (χ2n) is 4.11. The van der Waals surface area contributed by atoms with Crippen molar-refractivity contribution in [1.82, 2.24) is 5.32 Å². The lowest BCUT2D eigenvalue weighted by atomic mass is 10.2. The van der Waals surface area contributed by atoms with Gasteiger partial charge in [-0.15, -0.1) is 0 Å². The van der Waals surface area contributed by atoms with Crippen LogP contribution >= 0.6 is 0 Å². The van der Waals surface area contributed by atoms with E-state index in [4.69, 9.17) is 9.47 Å². The monoisotopic (exact) mass is 251 g/mol. The highest BCUT2D eigenvalue weighted by Crippen LogP contribution is 2.14. The van der Waals surface area contributed by atoms with Gasteiger partial charge in [0.25, 0.3) is 5.91 Å². The Balaban J connectivity index is 2.50. The summed E-state index contributed by atoms with van der Waals surface area (Å²) in [4.78, 5) is 11.8. The molecule has 0 radical (unpaired) electrons. The van der Waals surface area contributed by atoms with Gasteiger partial charge in [-0.2, -0.15) is 0 Å². The molecule has 0 aliphatic heterocycles. The van der Waals surface area contributed by atoms with Gasteiger partial charge >= 0.3 is 0 Å². The van der Waals surface area contributed by atoms with E-state index >= 15 is 0 Å². The Hall–Kier alpha value is -1.55. The van der Waals surface area contributed by atoms with Crippen molar-refractivity contribution in [2.75, 3.05) is 20.3 Å². The van der Waals surface area contributed by atoms with Crippen LogP contribution in [0.4, 0.5) is 0 Å². The molecule has 0 aromatic heterocycles. The number of carbonyl (C=O) groups is 1. The molecule has 1 aromatic carbocycles. The van der Waals surface area contributed by atoms with Crippen LogP contribution in [-0.4, -0.2) is 32.3 Å². The van der Waals surface area contributed by atoms with Crippen LogP contribution in [0.5, 0.6) is 5.75 Å². The molecule has 100 valence electrons. The number of benzene rings is 1. The fourth-order valence-electron chi connectivity index (χ4n) is 1.49. The minimum Gasteiger partial charge on any atom is -0.481 e. The molecule has 0 saturated heterocycles. The van der Waals surface area contributed by atoms with Gasteiger partial charge in [0.15, 0.2) is 6.10 Å². The number of hydrogen-bond donors (Lipinski definition) is 1. The lowest BCUT2D eigenvalue weighted by Crippen LogP contribution is -2.39. The van der Waals surface area contributed by atoms with Crippen LogP contribution in [-0.2, 0) is 9.53 Å². The Labute approximate surface area is 108 Å². The summed E-state index contributed by atoms with van der Waals surface area (Å²) in [6, 6.07) is 7.68. The summed E-state index contributed by atoms with van der Waals surface area (Å²) in [6.45, 7) is 4.95. The van der Waals surface area contributed by atoms with E-state index in [1.54, 1.807) is 7.11 Å². The molecule has 1 amide bonds. The third kappa shape index (κ3) is 4.75. The first-order valence-corrected chi connectivity index (χ1v) is 6.17. The topological polar surface area (TPSA) is 47.6 Å². The highest BCUT2D eigenvalue weighted by Gasteiger charge is 2.17. The molecule has 1 atom stereocenters. The fraction of sp³-hybridized carbons (Fsp3) is 0.500. The number of hydrogen-bond acceptors (Lipinski definition) is 3. The van der Waals surface area contributed by atoms with Gasteiger partial charge in [-0.3, -0.25) is 4.79 Å². The summed E-state index contributed by atoms with van der Waals surface area (Å²) < 4.78 is 10.5.